The van der Waals surface area contributed by atoms with Gasteiger partial charge in [0.25, 0.3) is 5.91 Å². The average molecular weight is 235 g/mol. The van der Waals surface area contributed by atoms with Crippen LogP contribution in [0.3, 0.4) is 0 Å². The van der Waals surface area contributed by atoms with Gasteiger partial charge in [-0.15, -0.1) is 0 Å². The molecule has 0 saturated carbocycles. The number of hydrogen-bond donors (Lipinski definition) is 3. The van der Waals surface area contributed by atoms with Gasteiger partial charge < -0.3 is 15.6 Å². The van der Waals surface area contributed by atoms with Crippen LogP contribution in [0.5, 0.6) is 0 Å². The van der Waals surface area contributed by atoms with Gasteiger partial charge in [-0.05, 0) is 26.3 Å². The Morgan fingerprint density at radius 1 is 1.53 bits per heavy atom. The number of aryl methyl sites for hydroxylation is 1. The normalized spacial score (nSPS) is 19.9. The summed E-state index contributed by atoms with van der Waals surface area (Å²) in [6.07, 6.45) is 3.49. The van der Waals surface area contributed by atoms with Gasteiger partial charge in [-0.1, -0.05) is 0 Å². The van der Waals surface area contributed by atoms with Gasteiger partial charge in [0.15, 0.2) is 5.43 Å². The predicted octanol–water partition coefficient (Wildman–Crippen LogP) is 0.165. The third-order valence-electron chi connectivity index (χ3n) is 2.93. The van der Waals surface area contributed by atoms with E-state index in [4.69, 9.17) is 0 Å². The summed E-state index contributed by atoms with van der Waals surface area (Å²) in [6.45, 7) is 3.56. The van der Waals surface area contributed by atoms with E-state index in [1.54, 1.807) is 6.92 Å². The van der Waals surface area contributed by atoms with Crippen molar-refractivity contribution in [1.29, 1.82) is 0 Å². The Morgan fingerprint density at radius 2 is 2.35 bits per heavy atom. The van der Waals surface area contributed by atoms with Crippen LogP contribution in [0.25, 0.3) is 0 Å². The molecule has 2 rings (SSSR count). The Kier molecular flexibility index (Phi) is 3.58. The Balaban J connectivity index is 2.06. The zero-order valence-electron chi connectivity index (χ0n) is 9.88. The summed E-state index contributed by atoms with van der Waals surface area (Å²) >= 11 is 0. The quantitative estimate of drug-likeness (QED) is 0.684. The Labute approximate surface area is 99.6 Å². The molecule has 0 spiro atoms. The summed E-state index contributed by atoms with van der Waals surface area (Å²) < 4.78 is 0. The first-order valence-corrected chi connectivity index (χ1v) is 5.88. The maximum Gasteiger partial charge on any atom is 0.257 e. The maximum absolute atomic E-state index is 11.9. The van der Waals surface area contributed by atoms with Gasteiger partial charge in [0.2, 0.25) is 0 Å². The lowest BCUT2D eigenvalue weighted by molar-refractivity contribution is 0.0929. The highest BCUT2D eigenvalue weighted by Crippen LogP contribution is 2.02. The molecule has 92 valence electrons. The Morgan fingerprint density at radius 3 is 3.00 bits per heavy atom. The molecule has 1 aliphatic rings. The van der Waals surface area contributed by atoms with Crippen LogP contribution in [0.4, 0.5) is 0 Å². The van der Waals surface area contributed by atoms with Crippen molar-refractivity contribution in [2.24, 2.45) is 0 Å². The molecule has 0 aromatic carbocycles. The van der Waals surface area contributed by atoms with Gasteiger partial charge in [-0.3, -0.25) is 9.59 Å². The van der Waals surface area contributed by atoms with Crippen LogP contribution in [0.2, 0.25) is 0 Å². The second kappa shape index (κ2) is 5.14. The van der Waals surface area contributed by atoms with Crippen LogP contribution in [0.1, 0.15) is 28.9 Å². The van der Waals surface area contributed by atoms with Crippen molar-refractivity contribution in [3.8, 4) is 0 Å². The number of aromatic amines is 1. The summed E-state index contributed by atoms with van der Waals surface area (Å²) in [7, 11) is 0. The first-order chi connectivity index (χ1) is 8.16. The lowest BCUT2D eigenvalue weighted by Crippen LogP contribution is -2.46. The first kappa shape index (κ1) is 11.9. The molecular formula is C12H17N3O2. The number of carbonyl (C=O) groups is 1. The standard InChI is InChI=1S/C12H17N3O2/c1-8-5-11(16)10(7-14-8)12(17)15-9-3-2-4-13-6-9/h5,7,9,13H,2-4,6H2,1H3,(H,14,16)(H,15,17)/t9-/m1/s1. The number of hydrogen-bond acceptors (Lipinski definition) is 3. The number of piperidine rings is 1. The number of nitrogens with one attached hydrogen (secondary N) is 3. The van der Waals surface area contributed by atoms with E-state index in [1.807, 2.05) is 0 Å². The minimum absolute atomic E-state index is 0.122. The third kappa shape index (κ3) is 2.94. The van der Waals surface area contributed by atoms with Crippen LogP contribution in [0.15, 0.2) is 17.1 Å². The summed E-state index contributed by atoms with van der Waals surface area (Å²) in [6, 6.07) is 1.56. The minimum Gasteiger partial charge on any atom is -0.364 e. The second-order valence-electron chi connectivity index (χ2n) is 4.41. The van der Waals surface area contributed by atoms with Crippen molar-refractivity contribution in [2.75, 3.05) is 13.1 Å². The summed E-state index contributed by atoms with van der Waals surface area (Å²) in [5, 5.41) is 6.09. The highest BCUT2D eigenvalue weighted by molar-refractivity contribution is 5.94. The van der Waals surface area contributed by atoms with Gasteiger partial charge >= 0.3 is 0 Å². The number of pyridine rings is 1. The molecule has 1 amide bonds. The maximum atomic E-state index is 11.9. The van der Waals surface area contributed by atoms with Crippen molar-refractivity contribution in [3.63, 3.8) is 0 Å². The summed E-state index contributed by atoms with van der Waals surface area (Å²) in [4.78, 5) is 26.4. The largest absolute Gasteiger partial charge is 0.364 e. The topological polar surface area (TPSA) is 74.0 Å². The molecule has 1 aromatic heterocycles. The number of amides is 1. The van der Waals surface area contributed by atoms with E-state index in [0.717, 1.165) is 31.6 Å². The van der Waals surface area contributed by atoms with Crippen LogP contribution < -0.4 is 16.1 Å². The van der Waals surface area contributed by atoms with Crippen LogP contribution >= 0.6 is 0 Å². The lowest BCUT2D eigenvalue weighted by atomic mass is 10.1. The molecule has 2 heterocycles. The molecule has 5 nitrogen and oxygen atoms in total. The molecular weight excluding hydrogens is 218 g/mol. The molecule has 1 fully saturated rings. The second-order valence-corrected chi connectivity index (χ2v) is 4.41. The predicted molar refractivity (Wildman–Crippen MR) is 65.2 cm³/mol. The van der Waals surface area contributed by atoms with Gasteiger partial charge in [-0.2, -0.15) is 0 Å². The third-order valence-corrected chi connectivity index (χ3v) is 2.93. The van der Waals surface area contributed by atoms with Crippen LogP contribution in [-0.4, -0.2) is 30.0 Å². The Hall–Kier alpha value is -1.62. The monoisotopic (exact) mass is 235 g/mol. The SMILES string of the molecule is Cc1cc(=O)c(C(=O)N[C@@H]2CCCNC2)c[nH]1. The zero-order valence-corrected chi connectivity index (χ0v) is 9.88. The average Bonchev–Trinajstić information content (AvgIpc) is 2.30. The van der Waals surface area contributed by atoms with E-state index in [-0.39, 0.29) is 22.9 Å². The van der Waals surface area contributed by atoms with Crippen molar-refractivity contribution in [3.05, 3.63) is 33.7 Å². The number of aromatic nitrogens is 1. The van der Waals surface area contributed by atoms with E-state index in [0.29, 0.717) is 0 Å². The van der Waals surface area contributed by atoms with Crippen LogP contribution in [-0.2, 0) is 0 Å². The molecule has 0 aliphatic carbocycles. The van der Waals surface area contributed by atoms with E-state index in [2.05, 4.69) is 15.6 Å². The molecule has 1 aromatic rings. The first-order valence-electron chi connectivity index (χ1n) is 5.88. The molecule has 1 aliphatic heterocycles. The van der Waals surface area contributed by atoms with Gasteiger partial charge in [0.1, 0.15) is 5.56 Å². The summed E-state index contributed by atoms with van der Waals surface area (Å²) in [5.41, 5.74) is 0.703. The van der Waals surface area contributed by atoms with E-state index in [9.17, 15) is 9.59 Å². The molecule has 0 radical (unpaired) electrons. The van der Waals surface area contributed by atoms with Crippen molar-refractivity contribution >= 4 is 5.91 Å². The number of carbonyl (C=O) groups excluding carboxylic acids is 1. The molecule has 17 heavy (non-hydrogen) atoms. The van der Waals surface area contributed by atoms with Crippen molar-refractivity contribution in [1.82, 2.24) is 15.6 Å². The molecule has 0 bridgehead atoms. The molecule has 1 saturated heterocycles. The van der Waals surface area contributed by atoms with Crippen molar-refractivity contribution in [2.45, 2.75) is 25.8 Å². The highest BCUT2D eigenvalue weighted by Gasteiger charge is 2.17. The van der Waals surface area contributed by atoms with Crippen LogP contribution in [0, 0.1) is 6.92 Å². The molecule has 3 N–H and O–H groups in total. The summed E-state index contributed by atoms with van der Waals surface area (Å²) in [5.74, 6) is -0.292. The number of rotatable bonds is 2. The lowest BCUT2D eigenvalue weighted by Gasteiger charge is -2.23. The van der Waals surface area contributed by atoms with E-state index < -0.39 is 0 Å². The van der Waals surface area contributed by atoms with Gasteiger partial charge in [0.05, 0.1) is 0 Å². The molecule has 0 unspecified atom stereocenters. The smallest absolute Gasteiger partial charge is 0.257 e. The molecule has 5 heteroatoms. The Bertz CT molecular complexity index is 461. The van der Waals surface area contributed by atoms with E-state index in [1.165, 1.54) is 12.3 Å². The molecule has 1 atom stereocenters. The fraction of sp³-hybridized carbons (Fsp3) is 0.500. The van der Waals surface area contributed by atoms with E-state index >= 15 is 0 Å². The van der Waals surface area contributed by atoms with Gasteiger partial charge in [-0.25, -0.2) is 0 Å². The number of H-pyrrole nitrogens is 1. The fourth-order valence-corrected chi connectivity index (χ4v) is 1.99. The van der Waals surface area contributed by atoms with Gasteiger partial charge in [0, 0.05) is 30.5 Å². The van der Waals surface area contributed by atoms with Crippen molar-refractivity contribution < 1.29 is 4.79 Å². The zero-order chi connectivity index (χ0) is 12.3. The highest BCUT2D eigenvalue weighted by atomic mass is 16.2. The minimum atomic E-state index is -0.292. The fourth-order valence-electron chi connectivity index (χ4n) is 1.99.